The van der Waals surface area contributed by atoms with Gasteiger partial charge in [-0.05, 0) is 44.7 Å². The lowest BCUT2D eigenvalue weighted by molar-refractivity contribution is 0.0487. The van der Waals surface area contributed by atoms with Gasteiger partial charge in [-0.3, -0.25) is 9.89 Å². The molecule has 0 aromatic rings. The highest BCUT2D eigenvalue weighted by molar-refractivity contribution is 5.79. The second kappa shape index (κ2) is 15.2. The van der Waals surface area contributed by atoms with Gasteiger partial charge in [0.15, 0.2) is 5.96 Å². The highest BCUT2D eigenvalue weighted by atomic mass is 16.5. The van der Waals surface area contributed by atoms with Crippen LogP contribution in [0.4, 0.5) is 0 Å². The fourth-order valence-corrected chi connectivity index (χ4v) is 3.26. The van der Waals surface area contributed by atoms with Crippen molar-refractivity contribution in [1.82, 2.24) is 15.5 Å². The van der Waals surface area contributed by atoms with Gasteiger partial charge in [0.05, 0.1) is 19.8 Å². The molecule has 6 heteroatoms. The molecule has 1 aliphatic heterocycles. The van der Waals surface area contributed by atoms with Crippen LogP contribution in [-0.2, 0) is 9.47 Å². The predicted molar refractivity (Wildman–Crippen MR) is 110 cm³/mol. The van der Waals surface area contributed by atoms with E-state index in [1.54, 1.807) is 0 Å². The summed E-state index contributed by atoms with van der Waals surface area (Å²) in [5.41, 5.74) is 0. The number of hydrogen-bond acceptors (Lipinski definition) is 4. The summed E-state index contributed by atoms with van der Waals surface area (Å²) < 4.78 is 11.1. The van der Waals surface area contributed by atoms with Gasteiger partial charge in [-0.2, -0.15) is 0 Å². The van der Waals surface area contributed by atoms with Crippen molar-refractivity contribution in [2.45, 2.75) is 58.9 Å². The van der Waals surface area contributed by atoms with Crippen LogP contribution in [0, 0.1) is 5.92 Å². The van der Waals surface area contributed by atoms with E-state index < -0.39 is 0 Å². The summed E-state index contributed by atoms with van der Waals surface area (Å²) in [7, 11) is 1.82. The Bertz CT molecular complexity index is 358. The van der Waals surface area contributed by atoms with Gasteiger partial charge in [0, 0.05) is 32.8 Å². The van der Waals surface area contributed by atoms with E-state index in [-0.39, 0.29) is 0 Å². The van der Waals surface area contributed by atoms with Crippen molar-refractivity contribution in [2.75, 3.05) is 59.7 Å². The van der Waals surface area contributed by atoms with Crippen LogP contribution in [0.5, 0.6) is 0 Å². The normalized spacial score (nSPS) is 17.0. The zero-order valence-electron chi connectivity index (χ0n) is 17.6. The van der Waals surface area contributed by atoms with Crippen molar-refractivity contribution in [2.24, 2.45) is 10.9 Å². The van der Waals surface area contributed by atoms with Gasteiger partial charge in [-0.25, -0.2) is 0 Å². The van der Waals surface area contributed by atoms with Gasteiger partial charge >= 0.3 is 0 Å². The first kappa shape index (κ1) is 23.2. The standard InChI is InChI=1S/C20H42N4O2/c1-5-6-12-25-14-15-26-13-9-22-20(21-4)23-17-19(16-18(2)3)24-10-7-8-11-24/h18-19H,5-17H2,1-4H3,(H2,21,22,23). The molecule has 154 valence electrons. The largest absolute Gasteiger partial charge is 0.379 e. The summed E-state index contributed by atoms with van der Waals surface area (Å²) in [4.78, 5) is 6.96. The zero-order chi connectivity index (χ0) is 19.0. The molecule has 1 rings (SSSR count). The number of nitrogens with one attached hydrogen (secondary N) is 2. The summed E-state index contributed by atoms with van der Waals surface area (Å²) in [6.07, 6.45) is 6.19. The van der Waals surface area contributed by atoms with Crippen LogP contribution in [0.3, 0.4) is 0 Å². The van der Waals surface area contributed by atoms with Gasteiger partial charge in [-0.15, -0.1) is 0 Å². The molecular weight excluding hydrogens is 328 g/mol. The maximum Gasteiger partial charge on any atom is 0.191 e. The third-order valence-corrected chi connectivity index (χ3v) is 4.68. The number of hydrogen-bond donors (Lipinski definition) is 2. The lowest BCUT2D eigenvalue weighted by Crippen LogP contribution is -2.47. The van der Waals surface area contributed by atoms with E-state index in [9.17, 15) is 0 Å². The molecule has 2 N–H and O–H groups in total. The molecule has 0 bridgehead atoms. The number of unbranched alkanes of at least 4 members (excludes halogenated alkanes) is 1. The van der Waals surface area contributed by atoms with E-state index in [0.29, 0.717) is 31.8 Å². The lowest BCUT2D eigenvalue weighted by atomic mass is 10.0. The third-order valence-electron chi connectivity index (χ3n) is 4.68. The molecule has 1 unspecified atom stereocenters. The molecular formula is C20H42N4O2. The topological polar surface area (TPSA) is 58.1 Å². The Hall–Kier alpha value is -0.850. The Morgan fingerprint density at radius 2 is 1.73 bits per heavy atom. The number of rotatable bonds is 14. The molecule has 0 amide bonds. The average Bonchev–Trinajstić information content (AvgIpc) is 3.16. The van der Waals surface area contributed by atoms with E-state index in [0.717, 1.165) is 32.1 Å². The minimum absolute atomic E-state index is 0.590. The number of nitrogens with zero attached hydrogens (tertiary/aromatic N) is 2. The van der Waals surface area contributed by atoms with Crippen molar-refractivity contribution in [3.05, 3.63) is 0 Å². The lowest BCUT2D eigenvalue weighted by Gasteiger charge is -2.29. The average molecular weight is 371 g/mol. The number of aliphatic imine (C=N–C) groups is 1. The van der Waals surface area contributed by atoms with E-state index in [4.69, 9.17) is 9.47 Å². The monoisotopic (exact) mass is 370 g/mol. The Labute approximate surface area is 161 Å². The molecule has 0 spiro atoms. The van der Waals surface area contributed by atoms with Gasteiger partial charge in [-0.1, -0.05) is 27.2 Å². The quantitative estimate of drug-likeness (QED) is 0.279. The number of ether oxygens (including phenoxy) is 2. The molecule has 0 aromatic carbocycles. The van der Waals surface area contributed by atoms with Crippen LogP contribution >= 0.6 is 0 Å². The molecule has 0 aromatic heterocycles. The zero-order valence-corrected chi connectivity index (χ0v) is 17.6. The van der Waals surface area contributed by atoms with Gasteiger partial charge in [0.1, 0.15) is 0 Å². The van der Waals surface area contributed by atoms with Crippen LogP contribution in [0.15, 0.2) is 4.99 Å². The highest BCUT2D eigenvalue weighted by Crippen LogP contribution is 2.17. The first-order valence-electron chi connectivity index (χ1n) is 10.5. The minimum Gasteiger partial charge on any atom is -0.379 e. The van der Waals surface area contributed by atoms with Crippen LogP contribution < -0.4 is 10.6 Å². The van der Waals surface area contributed by atoms with Crippen LogP contribution in [-0.4, -0.2) is 76.6 Å². The molecule has 1 heterocycles. The van der Waals surface area contributed by atoms with Crippen molar-refractivity contribution in [3.8, 4) is 0 Å². The first-order chi connectivity index (χ1) is 12.7. The molecule has 6 nitrogen and oxygen atoms in total. The van der Waals surface area contributed by atoms with Crippen molar-refractivity contribution in [3.63, 3.8) is 0 Å². The van der Waals surface area contributed by atoms with Crippen LogP contribution in [0.2, 0.25) is 0 Å². The molecule has 0 radical (unpaired) electrons. The molecule has 1 fully saturated rings. The molecule has 1 aliphatic rings. The van der Waals surface area contributed by atoms with Crippen molar-refractivity contribution < 1.29 is 9.47 Å². The molecule has 1 atom stereocenters. The molecule has 1 saturated heterocycles. The third kappa shape index (κ3) is 11.0. The smallest absolute Gasteiger partial charge is 0.191 e. The van der Waals surface area contributed by atoms with Gasteiger partial charge in [0.25, 0.3) is 0 Å². The fourth-order valence-electron chi connectivity index (χ4n) is 3.26. The number of likely N-dealkylation sites (tertiary alicyclic amines) is 1. The summed E-state index contributed by atoms with van der Waals surface area (Å²) in [6, 6.07) is 0.590. The SMILES string of the molecule is CCCCOCCOCCNC(=NC)NCC(CC(C)C)N1CCCC1. The predicted octanol–water partition coefficient (Wildman–Crippen LogP) is 2.50. The Kier molecular flexibility index (Phi) is 13.6. The second-order valence-corrected chi connectivity index (χ2v) is 7.48. The Morgan fingerprint density at radius 3 is 2.35 bits per heavy atom. The van der Waals surface area contributed by atoms with Crippen molar-refractivity contribution in [1.29, 1.82) is 0 Å². The maximum absolute atomic E-state index is 5.59. The Morgan fingerprint density at radius 1 is 1.04 bits per heavy atom. The van der Waals surface area contributed by atoms with E-state index in [1.807, 2.05) is 7.05 Å². The molecule has 0 saturated carbocycles. The molecule has 26 heavy (non-hydrogen) atoms. The van der Waals surface area contributed by atoms with E-state index >= 15 is 0 Å². The van der Waals surface area contributed by atoms with E-state index in [1.165, 1.54) is 38.8 Å². The number of guanidine groups is 1. The first-order valence-corrected chi connectivity index (χ1v) is 10.5. The summed E-state index contributed by atoms with van der Waals surface area (Å²) in [6.45, 7) is 13.8. The highest BCUT2D eigenvalue weighted by Gasteiger charge is 2.22. The maximum atomic E-state index is 5.59. The van der Waals surface area contributed by atoms with Gasteiger partial charge < -0.3 is 20.1 Å². The van der Waals surface area contributed by atoms with Gasteiger partial charge in [0.2, 0.25) is 0 Å². The summed E-state index contributed by atoms with van der Waals surface area (Å²) in [5, 5.41) is 6.83. The van der Waals surface area contributed by atoms with Crippen LogP contribution in [0.1, 0.15) is 52.9 Å². The van der Waals surface area contributed by atoms with E-state index in [2.05, 4.69) is 41.3 Å². The minimum atomic E-state index is 0.590. The fraction of sp³-hybridized carbons (Fsp3) is 0.950. The summed E-state index contributed by atoms with van der Waals surface area (Å²) in [5.74, 6) is 1.58. The second-order valence-electron chi connectivity index (χ2n) is 7.48. The molecule has 0 aliphatic carbocycles. The Balaban J connectivity index is 2.14. The van der Waals surface area contributed by atoms with Crippen LogP contribution in [0.25, 0.3) is 0 Å². The summed E-state index contributed by atoms with van der Waals surface area (Å²) >= 11 is 0. The van der Waals surface area contributed by atoms with Crippen molar-refractivity contribution >= 4 is 5.96 Å².